The number of benzene rings is 1. The molecular formula is C22H24N6O2. The van der Waals surface area contributed by atoms with Crippen molar-refractivity contribution in [3.8, 4) is 12.1 Å². The zero-order valence-electron chi connectivity index (χ0n) is 16.6. The Bertz CT molecular complexity index is 981. The first kappa shape index (κ1) is 19.0. The smallest absolute Gasteiger partial charge is 0.242 e. The van der Waals surface area contributed by atoms with E-state index in [2.05, 4.69) is 12.1 Å². The number of nitriles is 2. The molecule has 0 spiro atoms. The number of hydrogen-bond donors (Lipinski definition) is 1. The Morgan fingerprint density at radius 1 is 1.27 bits per heavy atom. The summed E-state index contributed by atoms with van der Waals surface area (Å²) >= 11 is 0. The Morgan fingerprint density at radius 3 is 2.83 bits per heavy atom. The average molecular weight is 404 g/mol. The molecule has 1 aromatic rings. The molecule has 8 nitrogen and oxygen atoms in total. The first-order chi connectivity index (χ1) is 14.5. The van der Waals surface area contributed by atoms with Gasteiger partial charge in [-0.3, -0.25) is 14.5 Å². The maximum atomic E-state index is 12.9. The number of nitrogens with zero attached hydrogens (tertiary/aromatic N) is 5. The molecule has 1 aromatic carbocycles. The molecule has 4 fully saturated rings. The molecule has 3 saturated heterocycles. The monoisotopic (exact) mass is 404 g/mol. The van der Waals surface area contributed by atoms with Gasteiger partial charge in [-0.2, -0.15) is 10.5 Å². The number of rotatable bonds is 5. The second kappa shape index (κ2) is 7.09. The van der Waals surface area contributed by atoms with Crippen LogP contribution in [0.4, 0.5) is 0 Å². The van der Waals surface area contributed by atoms with Gasteiger partial charge in [-0.15, -0.1) is 0 Å². The Kier molecular flexibility index (Phi) is 4.50. The fourth-order valence-corrected chi connectivity index (χ4v) is 5.49. The highest BCUT2D eigenvalue weighted by Gasteiger charge is 2.55. The molecule has 6 atom stereocenters. The Labute approximate surface area is 175 Å². The van der Waals surface area contributed by atoms with E-state index in [1.807, 2.05) is 28.0 Å². The lowest BCUT2D eigenvalue weighted by molar-refractivity contribution is -0.139. The molecule has 154 valence electrons. The Hall–Kier alpha value is -2.94. The van der Waals surface area contributed by atoms with Crippen LogP contribution in [0.2, 0.25) is 0 Å². The lowest BCUT2D eigenvalue weighted by atomic mass is 10.1. The largest absolute Gasteiger partial charge is 0.333 e. The van der Waals surface area contributed by atoms with Gasteiger partial charge < -0.3 is 15.5 Å². The predicted octanol–water partition coefficient (Wildman–Crippen LogP) is 0.184. The molecule has 2 bridgehead atoms. The van der Waals surface area contributed by atoms with Crippen LogP contribution in [-0.4, -0.2) is 69.8 Å². The minimum Gasteiger partial charge on any atom is -0.333 e. The molecule has 0 radical (unpaired) electrons. The zero-order chi connectivity index (χ0) is 21.0. The second-order valence-corrected chi connectivity index (χ2v) is 8.93. The number of piperazine rings is 1. The summed E-state index contributed by atoms with van der Waals surface area (Å²) in [5.74, 6) is 0.363. The number of fused-ring (bicyclic) bond motifs is 3. The van der Waals surface area contributed by atoms with Crippen LogP contribution in [-0.2, 0) is 16.1 Å². The molecule has 2 N–H and O–H groups in total. The molecule has 0 aromatic heterocycles. The summed E-state index contributed by atoms with van der Waals surface area (Å²) in [5, 5.41) is 18.4. The standard InChI is InChI=1S/C22H24N6O2/c23-8-13-2-1-3-14(4-13)10-27-17-7-20(22(27)30)26(11-17)12-18(25)21(29)28-16(9-24)5-15-6-19(15)28/h1-4,15-20H,5-7,10-12,25H2/t15-,16+,17?,18?,19+,20?/m1/s1. The minimum absolute atomic E-state index is 0.0617. The van der Waals surface area contributed by atoms with E-state index >= 15 is 0 Å². The first-order valence-corrected chi connectivity index (χ1v) is 10.5. The number of carbonyl (C=O) groups excluding carboxylic acids is 2. The second-order valence-electron chi connectivity index (χ2n) is 8.93. The van der Waals surface area contributed by atoms with Crippen molar-refractivity contribution in [3.63, 3.8) is 0 Å². The van der Waals surface area contributed by atoms with Gasteiger partial charge in [-0.05, 0) is 42.9 Å². The minimum atomic E-state index is -0.715. The topological polar surface area (TPSA) is 117 Å². The van der Waals surface area contributed by atoms with Crippen molar-refractivity contribution in [2.75, 3.05) is 13.1 Å². The van der Waals surface area contributed by atoms with E-state index in [-0.39, 0.29) is 36.0 Å². The normalized spacial score (nSPS) is 32.6. The predicted molar refractivity (Wildman–Crippen MR) is 106 cm³/mol. The number of carbonyl (C=O) groups is 2. The summed E-state index contributed by atoms with van der Waals surface area (Å²) in [5.41, 5.74) is 7.78. The van der Waals surface area contributed by atoms with Crippen molar-refractivity contribution < 1.29 is 9.59 Å². The number of hydrogen-bond acceptors (Lipinski definition) is 6. The van der Waals surface area contributed by atoms with E-state index in [4.69, 9.17) is 11.0 Å². The number of nitrogens with two attached hydrogens (primary N) is 1. The van der Waals surface area contributed by atoms with Gasteiger partial charge in [-0.1, -0.05) is 12.1 Å². The summed E-state index contributed by atoms with van der Waals surface area (Å²) in [4.78, 5) is 31.4. The summed E-state index contributed by atoms with van der Waals surface area (Å²) in [6.45, 7) is 1.54. The summed E-state index contributed by atoms with van der Waals surface area (Å²) in [6, 6.07) is 10.7. The average Bonchev–Trinajstić information content (AvgIpc) is 3.09. The van der Waals surface area contributed by atoms with Crippen molar-refractivity contribution in [1.29, 1.82) is 10.5 Å². The molecule has 4 aliphatic rings. The van der Waals surface area contributed by atoms with E-state index in [0.717, 1.165) is 24.8 Å². The van der Waals surface area contributed by atoms with Gasteiger partial charge in [0.2, 0.25) is 11.8 Å². The fourth-order valence-electron chi connectivity index (χ4n) is 5.49. The van der Waals surface area contributed by atoms with E-state index in [1.165, 1.54) is 0 Å². The van der Waals surface area contributed by atoms with Crippen LogP contribution < -0.4 is 5.73 Å². The van der Waals surface area contributed by atoms with Gasteiger partial charge in [0.1, 0.15) is 6.04 Å². The van der Waals surface area contributed by atoms with Crippen LogP contribution in [0, 0.1) is 28.6 Å². The first-order valence-electron chi connectivity index (χ1n) is 10.5. The molecule has 8 heteroatoms. The van der Waals surface area contributed by atoms with Crippen LogP contribution >= 0.6 is 0 Å². The zero-order valence-corrected chi connectivity index (χ0v) is 16.6. The van der Waals surface area contributed by atoms with Gasteiger partial charge in [0.05, 0.1) is 29.8 Å². The van der Waals surface area contributed by atoms with Crippen molar-refractivity contribution in [3.05, 3.63) is 35.4 Å². The van der Waals surface area contributed by atoms with E-state index in [0.29, 0.717) is 31.1 Å². The summed E-state index contributed by atoms with van der Waals surface area (Å²) in [7, 11) is 0. The van der Waals surface area contributed by atoms with Crippen molar-refractivity contribution in [1.82, 2.24) is 14.7 Å². The lowest BCUT2D eigenvalue weighted by Crippen LogP contribution is -2.56. The SMILES string of the molecule is N#Cc1cccc(CN2C(=O)C3CC2CN3CC(N)C(=O)N2[C@H](C#N)C[C@@H]3C[C@@H]32)c1. The highest BCUT2D eigenvalue weighted by Crippen LogP contribution is 2.47. The number of piperidine rings is 1. The van der Waals surface area contributed by atoms with Crippen molar-refractivity contribution in [2.24, 2.45) is 11.7 Å². The van der Waals surface area contributed by atoms with Crippen molar-refractivity contribution in [2.45, 2.75) is 56.0 Å². The van der Waals surface area contributed by atoms with Crippen LogP contribution in [0.15, 0.2) is 24.3 Å². The summed E-state index contributed by atoms with van der Waals surface area (Å²) in [6.07, 6.45) is 2.48. The third kappa shape index (κ3) is 3.04. The summed E-state index contributed by atoms with van der Waals surface area (Å²) < 4.78 is 0. The fraction of sp³-hybridized carbons (Fsp3) is 0.545. The molecule has 30 heavy (non-hydrogen) atoms. The molecule has 2 amide bonds. The van der Waals surface area contributed by atoms with Gasteiger partial charge in [0, 0.05) is 31.7 Å². The van der Waals surface area contributed by atoms with Gasteiger partial charge in [0.15, 0.2) is 0 Å². The lowest BCUT2D eigenvalue weighted by Gasteiger charge is -2.35. The number of amides is 2. The maximum Gasteiger partial charge on any atom is 0.242 e. The van der Waals surface area contributed by atoms with E-state index in [9.17, 15) is 14.9 Å². The van der Waals surface area contributed by atoms with Gasteiger partial charge in [-0.25, -0.2) is 0 Å². The van der Waals surface area contributed by atoms with Crippen molar-refractivity contribution >= 4 is 11.8 Å². The van der Waals surface area contributed by atoms with Crippen LogP contribution in [0.5, 0.6) is 0 Å². The van der Waals surface area contributed by atoms with E-state index in [1.54, 1.807) is 11.0 Å². The Morgan fingerprint density at radius 2 is 2.10 bits per heavy atom. The van der Waals surface area contributed by atoms with Gasteiger partial charge in [0.25, 0.3) is 0 Å². The quantitative estimate of drug-likeness (QED) is 0.748. The number of likely N-dealkylation sites (tertiary alicyclic amines) is 3. The highest BCUT2D eigenvalue weighted by molar-refractivity contribution is 5.86. The molecule has 1 aliphatic carbocycles. The third-order valence-corrected chi connectivity index (χ3v) is 7.06. The Balaban J connectivity index is 1.21. The maximum absolute atomic E-state index is 12.9. The molecule has 3 unspecified atom stereocenters. The molecule has 5 rings (SSSR count). The van der Waals surface area contributed by atoms with Crippen LogP contribution in [0.25, 0.3) is 0 Å². The highest BCUT2D eigenvalue weighted by atomic mass is 16.2. The van der Waals surface area contributed by atoms with E-state index < -0.39 is 6.04 Å². The van der Waals surface area contributed by atoms with Crippen LogP contribution in [0.3, 0.4) is 0 Å². The molecule has 3 heterocycles. The van der Waals surface area contributed by atoms with Crippen LogP contribution in [0.1, 0.15) is 30.4 Å². The molecular weight excluding hydrogens is 380 g/mol. The third-order valence-electron chi connectivity index (χ3n) is 7.06. The molecule has 1 saturated carbocycles. The molecule has 3 aliphatic heterocycles. The van der Waals surface area contributed by atoms with Gasteiger partial charge >= 0.3 is 0 Å².